The molecule has 0 atom stereocenters. The second kappa shape index (κ2) is 5.79. The van der Waals surface area contributed by atoms with Gasteiger partial charge in [0.1, 0.15) is 5.82 Å². The fourth-order valence-corrected chi connectivity index (χ4v) is 2.06. The number of rotatable bonds is 3. The minimum atomic E-state index is -0.501. The molecule has 7 heteroatoms. The number of anilines is 2. The molecule has 6 nitrogen and oxygen atoms in total. The number of ether oxygens (including phenoxy) is 1. The Morgan fingerprint density at radius 3 is 2.90 bits per heavy atom. The first-order valence-electron chi connectivity index (χ1n) is 5.61. The summed E-state index contributed by atoms with van der Waals surface area (Å²) in [5.41, 5.74) is 6.13. The number of nitrogen functional groups attached to an aromatic ring is 1. The van der Waals surface area contributed by atoms with Crippen LogP contribution in [0.25, 0.3) is 0 Å². The van der Waals surface area contributed by atoms with E-state index >= 15 is 0 Å². The number of carbonyl (C=O) groups excluding carboxylic acids is 1. The zero-order valence-corrected chi connectivity index (χ0v) is 12.1. The van der Waals surface area contributed by atoms with E-state index in [1.165, 1.54) is 19.4 Å². The van der Waals surface area contributed by atoms with Crippen molar-refractivity contribution in [2.45, 2.75) is 0 Å². The molecular formula is C13H12BrN3O3. The molecule has 0 saturated heterocycles. The van der Waals surface area contributed by atoms with Gasteiger partial charge in [-0.1, -0.05) is 6.07 Å². The maximum Gasteiger partial charge on any atom is 0.260 e. The number of para-hydroxylation sites is 1. The molecule has 0 saturated carbocycles. The standard InChI is InChI=1S/C13H12BrN3O3/c1-20-10-4-2-3-8(11(10)18)13(19)17-12-9(14)5-7(15)6-16-12/h2-6,18H,15H2,1H3,(H,16,17,19). The first kappa shape index (κ1) is 14.1. The highest BCUT2D eigenvalue weighted by Crippen LogP contribution is 2.30. The Bertz CT molecular complexity index is 661. The third kappa shape index (κ3) is 2.83. The van der Waals surface area contributed by atoms with Crippen LogP contribution in [0, 0.1) is 0 Å². The average molecular weight is 338 g/mol. The van der Waals surface area contributed by atoms with Gasteiger partial charge in [-0.05, 0) is 34.1 Å². The normalized spacial score (nSPS) is 10.1. The number of phenolic OH excluding ortho intramolecular Hbond substituents is 1. The highest BCUT2D eigenvalue weighted by molar-refractivity contribution is 9.10. The first-order chi connectivity index (χ1) is 9.52. The molecule has 0 spiro atoms. The number of nitrogens with one attached hydrogen (secondary N) is 1. The molecule has 1 heterocycles. The second-order valence-electron chi connectivity index (χ2n) is 3.91. The fourth-order valence-electron chi connectivity index (χ4n) is 1.59. The van der Waals surface area contributed by atoms with Crippen molar-refractivity contribution in [3.8, 4) is 11.5 Å². The predicted molar refractivity (Wildman–Crippen MR) is 79.0 cm³/mol. The number of nitrogens with two attached hydrogens (primary N) is 1. The summed E-state index contributed by atoms with van der Waals surface area (Å²) in [5.74, 6) is -0.188. The summed E-state index contributed by atoms with van der Waals surface area (Å²) in [4.78, 5) is 16.1. The lowest BCUT2D eigenvalue weighted by molar-refractivity contribution is 0.102. The Kier molecular flexibility index (Phi) is 4.09. The maximum atomic E-state index is 12.1. The van der Waals surface area contributed by atoms with Crippen LogP contribution in [0.5, 0.6) is 11.5 Å². The monoisotopic (exact) mass is 337 g/mol. The van der Waals surface area contributed by atoms with Gasteiger partial charge in [-0.2, -0.15) is 0 Å². The minimum Gasteiger partial charge on any atom is -0.504 e. The molecule has 0 fully saturated rings. The summed E-state index contributed by atoms with van der Waals surface area (Å²) in [7, 11) is 1.41. The summed E-state index contributed by atoms with van der Waals surface area (Å²) >= 11 is 3.25. The van der Waals surface area contributed by atoms with E-state index in [4.69, 9.17) is 10.5 Å². The number of amides is 1. The van der Waals surface area contributed by atoms with Gasteiger partial charge in [0.2, 0.25) is 0 Å². The van der Waals surface area contributed by atoms with E-state index in [1.54, 1.807) is 18.2 Å². The molecule has 4 N–H and O–H groups in total. The zero-order valence-electron chi connectivity index (χ0n) is 10.6. The van der Waals surface area contributed by atoms with E-state index in [-0.39, 0.29) is 17.1 Å². The van der Waals surface area contributed by atoms with Crippen molar-refractivity contribution >= 4 is 33.3 Å². The summed E-state index contributed by atoms with van der Waals surface area (Å²) in [6.07, 6.45) is 1.42. The molecule has 20 heavy (non-hydrogen) atoms. The van der Waals surface area contributed by atoms with Crippen molar-refractivity contribution in [1.29, 1.82) is 0 Å². The molecular weight excluding hydrogens is 326 g/mol. The van der Waals surface area contributed by atoms with Gasteiger partial charge in [-0.15, -0.1) is 0 Å². The smallest absolute Gasteiger partial charge is 0.260 e. The number of carbonyl (C=O) groups is 1. The molecule has 1 aromatic carbocycles. The Morgan fingerprint density at radius 2 is 2.25 bits per heavy atom. The van der Waals surface area contributed by atoms with Crippen molar-refractivity contribution in [2.24, 2.45) is 0 Å². The number of hydrogen-bond acceptors (Lipinski definition) is 5. The van der Waals surface area contributed by atoms with Crippen LogP contribution in [0.1, 0.15) is 10.4 Å². The van der Waals surface area contributed by atoms with E-state index in [2.05, 4.69) is 26.2 Å². The van der Waals surface area contributed by atoms with Gasteiger partial charge >= 0.3 is 0 Å². The number of nitrogens with zero attached hydrogens (tertiary/aromatic N) is 1. The number of pyridine rings is 1. The number of hydrogen-bond donors (Lipinski definition) is 3. The molecule has 0 aliphatic carbocycles. The van der Waals surface area contributed by atoms with Gasteiger partial charge in [-0.3, -0.25) is 4.79 Å². The van der Waals surface area contributed by atoms with Crippen molar-refractivity contribution in [2.75, 3.05) is 18.2 Å². The molecule has 1 aromatic heterocycles. The fraction of sp³-hybridized carbons (Fsp3) is 0.0769. The molecule has 0 unspecified atom stereocenters. The van der Waals surface area contributed by atoms with Crippen LogP contribution in [-0.4, -0.2) is 23.1 Å². The predicted octanol–water partition coefficient (Wildman–Crippen LogP) is 2.39. The molecule has 104 valence electrons. The SMILES string of the molecule is COc1cccc(C(=O)Nc2ncc(N)cc2Br)c1O. The van der Waals surface area contributed by atoms with Crippen LogP contribution in [-0.2, 0) is 0 Å². The van der Waals surface area contributed by atoms with Gasteiger partial charge < -0.3 is 20.9 Å². The molecule has 0 radical (unpaired) electrons. The average Bonchev–Trinajstić information content (AvgIpc) is 2.42. The number of phenols is 1. The lowest BCUT2D eigenvalue weighted by Crippen LogP contribution is -2.14. The van der Waals surface area contributed by atoms with Crippen molar-refractivity contribution in [3.63, 3.8) is 0 Å². The van der Waals surface area contributed by atoms with E-state index in [0.717, 1.165) is 0 Å². The van der Waals surface area contributed by atoms with Crippen LogP contribution < -0.4 is 15.8 Å². The van der Waals surface area contributed by atoms with Crippen LogP contribution in [0.2, 0.25) is 0 Å². The zero-order chi connectivity index (χ0) is 14.7. The largest absolute Gasteiger partial charge is 0.504 e. The van der Waals surface area contributed by atoms with E-state index in [0.29, 0.717) is 16.0 Å². The molecule has 2 rings (SSSR count). The first-order valence-corrected chi connectivity index (χ1v) is 6.40. The topological polar surface area (TPSA) is 97.5 Å². The Labute approximate surface area is 123 Å². The molecule has 0 aliphatic rings. The van der Waals surface area contributed by atoms with Gasteiger partial charge in [0.15, 0.2) is 11.5 Å². The third-order valence-corrected chi connectivity index (χ3v) is 3.16. The number of aromatic nitrogens is 1. The Morgan fingerprint density at radius 1 is 1.50 bits per heavy atom. The number of methoxy groups -OCH3 is 1. The summed E-state index contributed by atoms with van der Waals surface area (Å²) in [5, 5.41) is 12.5. The lowest BCUT2D eigenvalue weighted by atomic mass is 10.1. The maximum absolute atomic E-state index is 12.1. The van der Waals surface area contributed by atoms with Crippen LogP contribution in [0.3, 0.4) is 0 Å². The summed E-state index contributed by atoms with van der Waals surface area (Å²) in [6, 6.07) is 6.27. The third-order valence-electron chi connectivity index (χ3n) is 2.56. The molecule has 0 aliphatic heterocycles. The second-order valence-corrected chi connectivity index (χ2v) is 4.76. The van der Waals surface area contributed by atoms with E-state index < -0.39 is 5.91 Å². The number of benzene rings is 1. The van der Waals surface area contributed by atoms with Gasteiger partial charge in [0, 0.05) is 0 Å². The minimum absolute atomic E-state index is 0.0925. The van der Waals surface area contributed by atoms with Crippen LogP contribution in [0.15, 0.2) is 34.9 Å². The van der Waals surface area contributed by atoms with Crippen molar-refractivity contribution < 1.29 is 14.6 Å². The highest BCUT2D eigenvalue weighted by atomic mass is 79.9. The number of aromatic hydroxyl groups is 1. The van der Waals surface area contributed by atoms with E-state index in [9.17, 15) is 9.90 Å². The lowest BCUT2D eigenvalue weighted by Gasteiger charge is -2.10. The summed E-state index contributed by atoms with van der Waals surface area (Å²) in [6.45, 7) is 0. The highest BCUT2D eigenvalue weighted by Gasteiger charge is 2.16. The van der Waals surface area contributed by atoms with Crippen molar-refractivity contribution in [3.05, 3.63) is 40.5 Å². The quantitative estimate of drug-likeness (QED) is 0.798. The summed E-state index contributed by atoms with van der Waals surface area (Å²) < 4.78 is 5.50. The van der Waals surface area contributed by atoms with Gasteiger partial charge in [-0.25, -0.2) is 4.98 Å². The van der Waals surface area contributed by atoms with Gasteiger partial charge in [0.05, 0.1) is 29.0 Å². The molecule has 2 aromatic rings. The Hall–Kier alpha value is -2.28. The van der Waals surface area contributed by atoms with Crippen LogP contribution >= 0.6 is 15.9 Å². The van der Waals surface area contributed by atoms with E-state index in [1.807, 2.05) is 0 Å². The molecule has 1 amide bonds. The molecule has 0 bridgehead atoms. The van der Waals surface area contributed by atoms with Crippen molar-refractivity contribution in [1.82, 2.24) is 4.98 Å². The Balaban J connectivity index is 2.28. The number of halogens is 1. The van der Waals surface area contributed by atoms with Gasteiger partial charge in [0.25, 0.3) is 5.91 Å². The van der Waals surface area contributed by atoms with Crippen LogP contribution in [0.4, 0.5) is 11.5 Å².